The molecule has 0 radical (unpaired) electrons. The summed E-state index contributed by atoms with van der Waals surface area (Å²) >= 11 is 1.55. The van der Waals surface area contributed by atoms with E-state index in [0.717, 1.165) is 17.9 Å². The molecular formula is C13H17N3O2S. The minimum absolute atomic E-state index is 0.182. The standard InChI is InChI=1S/C13H17N3O2S/c1-10-5-3-6-11(9-10)18-7-4-8-19-13-15-14-12(17)16(13)2/h3,5-6,9H,4,7-8H2,1-2H3,(H,14,17). The van der Waals surface area contributed by atoms with Crippen molar-refractivity contribution in [1.82, 2.24) is 14.8 Å². The Balaban J connectivity index is 1.70. The average molecular weight is 279 g/mol. The molecule has 2 rings (SSSR count). The number of thioether (sulfide) groups is 1. The Labute approximate surface area is 116 Å². The van der Waals surface area contributed by atoms with Gasteiger partial charge in [0.05, 0.1) is 6.61 Å². The lowest BCUT2D eigenvalue weighted by Gasteiger charge is -2.06. The van der Waals surface area contributed by atoms with E-state index >= 15 is 0 Å². The molecule has 2 aromatic rings. The van der Waals surface area contributed by atoms with Gasteiger partial charge in [-0.05, 0) is 31.0 Å². The maximum atomic E-state index is 11.2. The normalized spacial score (nSPS) is 10.6. The summed E-state index contributed by atoms with van der Waals surface area (Å²) in [7, 11) is 1.71. The fraction of sp³-hybridized carbons (Fsp3) is 0.385. The van der Waals surface area contributed by atoms with Crippen molar-refractivity contribution in [3.63, 3.8) is 0 Å². The maximum Gasteiger partial charge on any atom is 0.343 e. The quantitative estimate of drug-likeness (QED) is 0.649. The monoisotopic (exact) mass is 279 g/mol. The van der Waals surface area contributed by atoms with Crippen LogP contribution in [0.15, 0.2) is 34.2 Å². The lowest BCUT2D eigenvalue weighted by atomic mass is 10.2. The van der Waals surface area contributed by atoms with E-state index in [2.05, 4.69) is 10.2 Å². The molecule has 0 atom stereocenters. The number of hydrogen-bond donors (Lipinski definition) is 1. The molecule has 1 aromatic heterocycles. The summed E-state index contributed by atoms with van der Waals surface area (Å²) in [5, 5.41) is 7.05. The van der Waals surface area contributed by atoms with Crippen LogP contribution in [0.25, 0.3) is 0 Å². The highest BCUT2D eigenvalue weighted by atomic mass is 32.2. The number of benzene rings is 1. The Kier molecular flexibility index (Phi) is 4.68. The third kappa shape index (κ3) is 3.89. The van der Waals surface area contributed by atoms with Crippen molar-refractivity contribution in [2.24, 2.45) is 7.05 Å². The van der Waals surface area contributed by atoms with Crippen molar-refractivity contribution >= 4 is 11.8 Å². The molecule has 1 N–H and O–H groups in total. The van der Waals surface area contributed by atoms with Gasteiger partial charge in [-0.1, -0.05) is 23.9 Å². The number of ether oxygens (including phenoxy) is 1. The highest BCUT2D eigenvalue weighted by Crippen LogP contribution is 2.15. The highest BCUT2D eigenvalue weighted by molar-refractivity contribution is 7.99. The van der Waals surface area contributed by atoms with Crippen molar-refractivity contribution in [2.75, 3.05) is 12.4 Å². The second kappa shape index (κ2) is 6.47. The highest BCUT2D eigenvalue weighted by Gasteiger charge is 2.03. The number of hydrogen-bond acceptors (Lipinski definition) is 4. The van der Waals surface area contributed by atoms with Gasteiger partial charge in [0.2, 0.25) is 0 Å². The number of aryl methyl sites for hydroxylation is 1. The number of rotatable bonds is 6. The van der Waals surface area contributed by atoms with E-state index in [1.54, 1.807) is 18.8 Å². The van der Waals surface area contributed by atoms with Crippen molar-refractivity contribution in [3.8, 4) is 5.75 Å². The van der Waals surface area contributed by atoms with Gasteiger partial charge in [0.25, 0.3) is 0 Å². The molecule has 0 spiro atoms. The molecule has 0 aliphatic carbocycles. The molecule has 0 aliphatic heterocycles. The third-order valence-corrected chi connectivity index (χ3v) is 3.73. The molecule has 19 heavy (non-hydrogen) atoms. The molecule has 1 heterocycles. The maximum absolute atomic E-state index is 11.2. The van der Waals surface area contributed by atoms with Crippen molar-refractivity contribution < 1.29 is 4.74 Å². The Bertz CT molecular complexity index is 592. The molecule has 0 bridgehead atoms. The molecule has 1 aromatic carbocycles. The van der Waals surface area contributed by atoms with Gasteiger partial charge in [-0.2, -0.15) is 0 Å². The van der Waals surface area contributed by atoms with Gasteiger partial charge in [0.1, 0.15) is 5.75 Å². The second-order valence-electron chi connectivity index (χ2n) is 4.24. The summed E-state index contributed by atoms with van der Waals surface area (Å²) in [6.45, 7) is 2.70. The number of aromatic nitrogens is 3. The first-order chi connectivity index (χ1) is 9.16. The molecule has 0 amide bonds. The van der Waals surface area contributed by atoms with Crippen molar-refractivity contribution in [2.45, 2.75) is 18.5 Å². The predicted octanol–water partition coefficient (Wildman–Crippen LogP) is 1.98. The van der Waals surface area contributed by atoms with E-state index < -0.39 is 0 Å². The second-order valence-corrected chi connectivity index (χ2v) is 5.30. The summed E-state index contributed by atoms with van der Waals surface area (Å²) in [6.07, 6.45) is 0.902. The van der Waals surface area contributed by atoms with Crippen LogP contribution >= 0.6 is 11.8 Å². The fourth-order valence-electron chi connectivity index (χ4n) is 1.58. The summed E-state index contributed by atoms with van der Waals surface area (Å²) in [5.74, 6) is 1.77. The van der Waals surface area contributed by atoms with Gasteiger partial charge < -0.3 is 4.74 Å². The summed E-state index contributed by atoms with van der Waals surface area (Å²) in [4.78, 5) is 11.2. The first-order valence-electron chi connectivity index (χ1n) is 6.10. The fourth-order valence-corrected chi connectivity index (χ4v) is 2.41. The smallest absolute Gasteiger partial charge is 0.343 e. The Morgan fingerprint density at radius 3 is 3.00 bits per heavy atom. The van der Waals surface area contributed by atoms with Gasteiger partial charge >= 0.3 is 5.69 Å². The first-order valence-corrected chi connectivity index (χ1v) is 7.09. The van der Waals surface area contributed by atoms with Crippen LogP contribution in [0.2, 0.25) is 0 Å². The van der Waals surface area contributed by atoms with Gasteiger partial charge in [-0.25, -0.2) is 9.89 Å². The number of nitrogens with zero attached hydrogens (tertiary/aromatic N) is 2. The van der Waals surface area contributed by atoms with Crippen LogP contribution in [0.1, 0.15) is 12.0 Å². The topological polar surface area (TPSA) is 59.9 Å². The van der Waals surface area contributed by atoms with Crippen molar-refractivity contribution in [3.05, 3.63) is 40.3 Å². The van der Waals surface area contributed by atoms with Gasteiger partial charge in [0, 0.05) is 12.8 Å². The van der Waals surface area contributed by atoms with E-state index in [0.29, 0.717) is 11.8 Å². The predicted molar refractivity (Wildman–Crippen MR) is 75.8 cm³/mol. The minimum Gasteiger partial charge on any atom is -0.494 e. The van der Waals surface area contributed by atoms with Crippen LogP contribution in [0.5, 0.6) is 5.75 Å². The van der Waals surface area contributed by atoms with E-state index in [9.17, 15) is 4.79 Å². The molecule has 0 fully saturated rings. The van der Waals surface area contributed by atoms with Gasteiger partial charge in [0.15, 0.2) is 5.16 Å². The SMILES string of the molecule is Cc1cccc(OCCCSc2n[nH]c(=O)n2C)c1. The van der Waals surface area contributed by atoms with Crippen LogP contribution in [-0.4, -0.2) is 27.1 Å². The first kappa shape index (κ1) is 13.7. The molecule has 0 saturated carbocycles. The minimum atomic E-state index is -0.182. The molecule has 0 aliphatic rings. The zero-order valence-corrected chi connectivity index (χ0v) is 11.9. The Morgan fingerprint density at radius 1 is 1.47 bits per heavy atom. The van der Waals surface area contributed by atoms with Gasteiger partial charge in [-0.15, -0.1) is 5.10 Å². The molecule has 6 heteroatoms. The van der Waals surface area contributed by atoms with E-state index in [-0.39, 0.29) is 5.69 Å². The van der Waals surface area contributed by atoms with Gasteiger partial charge in [-0.3, -0.25) is 4.57 Å². The Hall–Kier alpha value is -1.69. The molecule has 102 valence electrons. The number of nitrogens with one attached hydrogen (secondary N) is 1. The number of H-pyrrole nitrogens is 1. The number of aromatic amines is 1. The lowest BCUT2D eigenvalue weighted by molar-refractivity contribution is 0.318. The summed E-state index contributed by atoms with van der Waals surface area (Å²) in [6, 6.07) is 8.00. The summed E-state index contributed by atoms with van der Waals surface area (Å²) in [5.41, 5.74) is 1.01. The lowest BCUT2D eigenvalue weighted by Crippen LogP contribution is -2.13. The average Bonchev–Trinajstić information content (AvgIpc) is 2.70. The third-order valence-electron chi connectivity index (χ3n) is 2.62. The van der Waals surface area contributed by atoms with Crippen molar-refractivity contribution in [1.29, 1.82) is 0 Å². The van der Waals surface area contributed by atoms with Crippen LogP contribution in [0.3, 0.4) is 0 Å². The van der Waals surface area contributed by atoms with Crippen LogP contribution in [0.4, 0.5) is 0 Å². The Morgan fingerprint density at radius 2 is 2.32 bits per heavy atom. The molecule has 5 nitrogen and oxygen atoms in total. The van der Waals surface area contributed by atoms with E-state index in [1.807, 2.05) is 31.2 Å². The largest absolute Gasteiger partial charge is 0.494 e. The van der Waals surface area contributed by atoms with Crippen LogP contribution in [0, 0.1) is 6.92 Å². The van der Waals surface area contributed by atoms with Crippen LogP contribution < -0.4 is 10.4 Å². The zero-order chi connectivity index (χ0) is 13.7. The molecular weight excluding hydrogens is 262 g/mol. The van der Waals surface area contributed by atoms with E-state index in [4.69, 9.17) is 4.74 Å². The van der Waals surface area contributed by atoms with E-state index in [1.165, 1.54) is 10.1 Å². The molecule has 0 unspecified atom stereocenters. The summed E-state index contributed by atoms with van der Waals surface area (Å²) < 4.78 is 7.16. The van der Waals surface area contributed by atoms with Crippen LogP contribution in [-0.2, 0) is 7.05 Å². The zero-order valence-electron chi connectivity index (χ0n) is 11.0. The molecule has 0 saturated heterocycles.